The number of carbonyl (C=O) groups excluding carboxylic acids is 2. The van der Waals surface area contributed by atoms with Crippen molar-refractivity contribution in [3.63, 3.8) is 0 Å². The fourth-order valence-corrected chi connectivity index (χ4v) is 2.10. The fourth-order valence-electron chi connectivity index (χ4n) is 2.10. The summed E-state index contributed by atoms with van der Waals surface area (Å²) in [5, 5.41) is 0. The van der Waals surface area contributed by atoms with Crippen LogP contribution in [0, 0.1) is 5.92 Å². The van der Waals surface area contributed by atoms with Crippen molar-refractivity contribution >= 4 is 24.2 Å². The number of hydrogen-bond acceptors (Lipinski definition) is 3. The Morgan fingerprint density at radius 2 is 1.88 bits per heavy atom. The molecular formula is C11H22ClN3O2. The van der Waals surface area contributed by atoms with E-state index < -0.39 is 11.9 Å². The number of halogens is 1. The van der Waals surface area contributed by atoms with Gasteiger partial charge in [0.1, 0.15) is 0 Å². The molecule has 1 aliphatic heterocycles. The van der Waals surface area contributed by atoms with Crippen molar-refractivity contribution in [2.24, 2.45) is 17.4 Å². The topological polar surface area (TPSA) is 89.4 Å². The zero-order valence-electron chi connectivity index (χ0n) is 10.2. The third-order valence-electron chi connectivity index (χ3n) is 3.24. The third kappa shape index (κ3) is 4.91. The molecule has 6 heteroatoms. The Labute approximate surface area is 108 Å². The van der Waals surface area contributed by atoms with Crippen LogP contribution in [0.15, 0.2) is 0 Å². The molecule has 1 aliphatic rings. The Morgan fingerprint density at radius 3 is 2.29 bits per heavy atom. The van der Waals surface area contributed by atoms with E-state index in [9.17, 15) is 9.59 Å². The summed E-state index contributed by atoms with van der Waals surface area (Å²) in [6, 6.07) is -0.768. The van der Waals surface area contributed by atoms with Gasteiger partial charge in [0.15, 0.2) is 0 Å². The molecule has 4 N–H and O–H groups in total. The van der Waals surface area contributed by atoms with E-state index in [1.165, 1.54) is 0 Å². The molecular weight excluding hydrogens is 242 g/mol. The number of primary amides is 1. The highest BCUT2D eigenvalue weighted by atomic mass is 35.5. The maximum Gasteiger partial charge on any atom is 0.240 e. The Morgan fingerprint density at radius 1 is 1.35 bits per heavy atom. The van der Waals surface area contributed by atoms with E-state index in [0.29, 0.717) is 0 Å². The van der Waals surface area contributed by atoms with E-state index >= 15 is 0 Å². The Hall–Kier alpha value is -0.810. The summed E-state index contributed by atoms with van der Waals surface area (Å²) in [6.07, 6.45) is 3.17. The van der Waals surface area contributed by atoms with Crippen LogP contribution in [0.2, 0.25) is 0 Å². The lowest BCUT2D eigenvalue weighted by molar-refractivity contribution is -0.135. The number of rotatable bonds is 4. The van der Waals surface area contributed by atoms with Gasteiger partial charge in [-0.15, -0.1) is 12.4 Å². The summed E-state index contributed by atoms with van der Waals surface area (Å²) in [4.78, 5) is 24.2. The molecule has 0 radical (unpaired) electrons. The SMILES string of the molecule is CCC1CCN(C(=O)C(N)CC(N)=O)CC1.Cl. The molecule has 0 aromatic heterocycles. The standard InChI is InChI=1S/C11H21N3O2.ClH/c1-2-8-3-5-14(6-4-8)11(16)9(12)7-10(13)15;/h8-9H,2-7,12H2,1H3,(H2,13,15);1H. The van der Waals surface area contributed by atoms with Crippen LogP contribution in [-0.4, -0.2) is 35.8 Å². The van der Waals surface area contributed by atoms with Crippen LogP contribution in [0.3, 0.4) is 0 Å². The van der Waals surface area contributed by atoms with Crippen LogP contribution in [0.25, 0.3) is 0 Å². The van der Waals surface area contributed by atoms with Gasteiger partial charge in [-0.2, -0.15) is 0 Å². The highest BCUT2D eigenvalue weighted by Crippen LogP contribution is 2.20. The lowest BCUT2D eigenvalue weighted by Crippen LogP contribution is -2.48. The van der Waals surface area contributed by atoms with Gasteiger partial charge < -0.3 is 16.4 Å². The smallest absolute Gasteiger partial charge is 0.240 e. The number of likely N-dealkylation sites (tertiary alicyclic amines) is 1. The van der Waals surface area contributed by atoms with Gasteiger partial charge in [-0.1, -0.05) is 13.3 Å². The molecule has 0 saturated carbocycles. The Bertz CT molecular complexity index is 265. The van der Waals surface area contributed by atoms with E-state index in [1.807, 2.05) is 0 Å². The maximum absolute atomic E-state index is 11.8. The maximum atomic E-state index is 11.8. The summed E-state index contributed by atoms with van der Waals surface area (Å²) >= 11 is 0. The van der Waals surface area contributed by atoms with Crippen molar-refractivity contribution in [3.05, 3.63) is 0 Å². The number of carbonyl (C=O) groups is 2. The quantitative estimate of drug-likeness (QED) is 0.762. The van der Waals surface area contributed by atoms with Gasteiger partial charge in [0.05, 0.1) is 12.5 Å². The molecule has 1 unspecified atom stereocenters. The minimum atomic E-state index is -0.768. The number of nitrogens with two attached hydrogens (primary N) is 2. The van der Waals surface area contributed by atoms with Gasteiger partial charge in [-0.25, -0.2) is 0 Å². The van der Waals surface area contributed by atoms with E-state index in [-0.39, 0.29) is 24.7 Å². The number of piperidine rings is 1. The fraction of sp³-hybridized carbons (Fsp3) is 0.818. The van der Waals surface area contributed by atoms with Gasteiger partial charge in [-0.3, -0.25) is 9.59 Å². The average Bonchev–Trinajstić information content (AvgIpc) is 2.27. The molecule has 1 atom stereocenters. The lowest BCUT2D eigenvalue weighted by Gasteiger charge is -2.32. The van der Waals surface area contributed by atoms with E-state index in [2.05, 4.69) is 6.92 Å². The van der Waals surface area contributed by atoms with Gasteiger partial charge >= 0.3 is 0 Å². The molecule has 1 saturated heterocycles. The lowest BCUT2D eigenvalue weighted by atomic mass is 9.94. The molecule has 0 bridgehead atoms. The van der Waals surface area contributed by atoms with Gasteiger partial charge in [-0.05, 0) is 18.8 Å². The molecule has 0 aromatic rings. The molecule has 0 spiro atoms. The van der Waals surface area contributed by atoms with Crippen molar-refractivity contribution in [2.75, 3.05) is 13.1 Å². The first kappa shape index (κ1) is 16.2. The van der Waals surface area contributed by atoms with Gasteiger partial charge in [0.25, 0.3) is 0 Å². The van der Waals surface area contributed by atoms with Gasteiger partial charge in [0, 0.05) is 13.1 Å². The second-order valence-electron chi connectivity index (χ2n) is 4.45. The predicted molar refractivity (Wildman–Crippen MR) is 68.6 cm³/mol. The van der Waals surface area contributed by atoms with Crippen LogP contribution in [0.4, 0.5) is 0 Å². The minimum absolute atomic E-state index is 0. The number of amides is 2. The van der Waals surface area contributed by atoms with Crippen molar-refractivity contribution in [1.82, 2.24) is 4.90 Å². The van der Waals surface area contributed by atoms with E-state index in [4.69, 9.17) is 11.5 Å². The zero-order valence-corrected chi connectivity index (χ0v) is 11.0. The number of nitrogens with zero attached hydrogens (tertiary/aromatic N) is 1. The van der Waals surface area contributed by atoms with Crippen molar-refractivity contribution in [2.45, 2.75) is 38.6 Å². The molecule has 17 heavy (non-hydrogen) atoms. The van der Waals surface area contributed by atoms with E-state index in [0.717, 1.165) is 38.3 Å². The Balaban J connectivity index is 0.00000256. The monoisotopic (exact) mass is 263 g/mol. The second kappa shape index (κ2) is 7.50. The average molecular weight is 264 g/mol. The first-order valence-electron chi connectivity index (χ1n) is 5.87. The van der Waals surface area contributed by atoms with E-state index in [1.54, 1.807) is 4.90 Å². The summed E-state index contributed by atoms with van der Waals surface area (Å²) in [7, 11) is 0. The molecule has 2 amide bonds. The van der Waals surface area contributed by atoms with Crippen LogP contribution in [0.1, 0.15) is 32.6 Å². The summed E-state index contributed by atoms with van der Waals surface area (Å²) in [6.45, 7) is 3.68. The summed E-state index contributed by atoms with van der Waals surface area (Å²) in [5.41, 5.74) is 10.6. The van der Waals surface area contributed by atoms with Crippen molar-refractivity contribution < 1.29 is 9.59 Å². The van der Waals surface area contributed by atoms with Crippen LogP contribution in [-0.2, 0) is 9.59 Å². The minimum Gasteiger partial charge on any atom is -0.370 e. The largest absolute Gasteiger partial charge is 0.370 e. The predicted octanol–water partition coefficient (Wildman–Crippen LogP) is 0.260. The molecule has 1 rings (SSSR count). The number of hydrogen-bond donors (Lipinski definition) is 2. The summed E-state index contributed by atoms with van der Waals surface area (Å²) in [5.74, 6) is 0.0501. The van der Waals surface area contributed by atoms with Crippen LogP contribution >= 0.6 is 12.4 Å². The highest BCUT2D eigenvalue weighted by Gasteiger charge is 2.26. The molecule has 100 valence electrons. The van der Waals surface area contributed by atoms with Crippen LogP contribution in [0.5, 0.6) is 0 Å². The molecule has 1 fully saturated rings. The van der Waals surface area contributed by atoms with Crippen LogP contribution < -0.4 is 11.5 Å². The van der Waals surface area contributed by atoms with Crippen molar-refractivity contribution in [1.29, 1.82) is 0 Å². The second-order valence-corrected chi connectivity index (χ2v) is 4.45. The Kier molecular flexibility index (Phi) is 7.15. The molecule has 1 heterocycles. The third-order valence-corrected chi connectivity index (χ3v) is 3.24. The summed E-state index contributed by atoms with van der Waals surface area (Å²) < 4.78 is 0. The zero-order chi connectivity index (χ0) is 12.1. The molecule has 0 aliphatic carbocycles. The first-order valence-corrected chi connectivity index (χ1v) is 5.87. The molecule has 5 nitrogen and oxygen atoms in total. The molecule has 0 aromatic carbocycles. The van der Waals surface area contributed by atoms with Crippen molar-refractivity contribution in [3.8, 4) is 0 Å². The first-order chi connectivity index (χ1) is 7.54. The normalized spacial score (nSPS) is 18.4. The van der Waals surface area contributed by atoms with Gasteiger partial charge in [0.2, 0.25) is 11.8 Å². The highest BCUT2D eigenvalue weighted by molar-refractivity contribution is 5.87.